The van der Waals surface area contributed by atoms with E-state index >= 15 is 0 Å². The lowest BCUT2D eigenvalue weighted by Crippen LogP contribution is -2.31. The van der Waals surface area contributed by atoms with Crippen molar-refractivity contribution in [1.29, 1.82) is 0 Å². The molecular formula is C6H13NO2S. The van der Waals surface area contributed by atoms with Gasteiger partial charge in [0, 0.05) is 13.1 Å². The Kier molecular flexibility index (Phi) is 2.97. The minimum atomic E-state index is -0.353. The molecule has 0 radical (unpaired) electrons. The van der Waals surface area contributed by atoms with Crippen LogP contribution in [0.15, 0.2) is 0 Å². The Hall–Kier alpha value is 0.230. The SMILES string of the molecule is CC(O)N1CCC(OS)C1. The van der Waals surface area contributed by atoms with Crippen molar-refractivity contribution in [1.82, 2.24) is 4.90 Å². The summed E-state index contributed by atoms with van der Waals surface area (Å²) in [4.78, 5) is 1.96. The summed E-state index contributed by atoms with van der Waals surface area (Å²) in [7, 11) is 0. The van der Waals surface area contributed by atoms with Crippen molar-refractivity contribution in [2.24, 2.45) is 0 Å². The lowest BCUT2D eigenvalue weighted by molar-refractivity contribution is 0.0305. The van der Waals surface area contributed by atoms with E-state index < -0.39 is 0 Å². The van der Waals surface area contributed by atoms with Crippen molar-refractivity contribution in [3.05, 3.63) is 0 Å². The van der Waals surface area contributed by atoms with Crippen LogP contribution in [0.2, 0.25) is 0 Å². The molecule has 60 valence electrons. The summed E-state index contributed by atoms with van der Waals surface area (Å²) in [6.07, 6.45) is 0.806. The number of thiol groups is 1. The van der Waals surface area contributed by atoms with E-state index in [1.807, 2.05) is 4.90 Å². The molecule has 0 amide bonds. The van der Waals surface area contributed by atoms with Crippen molar-refractivity contribution >= 4 is 12.9 Å². The molecule has 3 nitrogen and oxygen atoms in total. The van der Waals surface area contributed by atoms with Crippen LogP contribution in [-0.2, 0) is 4.18 Å². The van der Waals surface area contributed by atoms with Crippen LogP contribution < -0.4 is 0 Å². The lowest BCUT2D eigenvalue weighted by atomic mass is 10.3. The van der Waals surface area contributed by atoms with Crippen molar-refractivity contribution in [2.45, 2.75) is 25.7 Å². The Morgan fingerprint density at radius 2 is 2.50 bits per heavy atom. The Labute approximate surface area is 66.6 Å². The number of likely N-dealkylation sites (tertiary alicyclic amines) is 1. The topological polar surface area (TPSA) is 32.7 Å². The highest BCUT2D eigenvalue weighted by Gasteiger charge is 2.24. The van der Waals surface area contributed by atoms with Gasteiger partial charge < -0.3 is 9.29 Å². The number of aliphatic hydroxyl groups excluding tert-OH is 1. The fourth-order valence-electron chi connectivity index (χ4n) is 1.18. The predicted molar refractivity (Wildman–Crippen MR) is 41.7 cm³/mol. The third-order valence-corrected chi connectivity index (χ3v) is 2.15. The largest absolute Gasteiger partial charge is 0.379 e. The van der Waals surface area contributed by atoms with E-state index in [1.54, 1.807) is 6.92 Å². The number of rotatable bonds is 2. The zero-order chi connectivity index (χ0) is 7.56. The summed E-state index contributed by atoms with van der Waals surface area (Å²) in [6.45, 7) is 3.46. The van der Waals surface area contributed by atoms with Crippen LogP contribution in [0.1, 0.15) is 13.3 Å². The minimum absolute atomic E-state index is 0.193. The van der Waals surface area contributed by atoms with Gasteiger partial charge >= 0.3 is 0 Å². The quantitative estimate of drug-likeness (QED) is 0.452. The molecule has 0 aromatic rings. The molecule has 1 heterocycles. The van der Waals surface area contributed by atoms with Crippen molar-refractivity contribution < 1.29 is 9.29 Å². The third kappa shape index (κ3) is 1.85. The molecule has 1 fully saturated rings. The summed E-state index contributed by atoms with van der Waals surface area (Å²) in [5, 5.41) is 9.11. The molecule has 1 aliphatic heterocycles. The lowest BCUT2D eigenvalue weighted by Gasteiger charge is -2.17. The zero-order valence-electron chi connectivity index (χ0n) is 6.03. The molecule has 10 heavy (non-hydrogen) atoms. The first-order valence-electron chi connectivity index (χ1n) is 3.46. The first-order chi connectivity index (χ1) is 4.74. The van der Waals surface area contributed by atoms with E-state index in [2.05, 4.69) is 12.9 Å². The maximum absolute atomic E-state index is 9.11. The highest BCUT2D eigenvalue weighted by Crippen LogP contribution is 2.14. The van der Waals surface area contributed by atoms with Gasteiger partial charge in [-0.2, -0.15) is 0 Å². The van der Waals surface area contributed by atoms with Gasteiger partial charge in [-0.05, 0) is 26.3 Å². The maximum atomic E-state index is 9.11. The first kappa shape index (κ1) is 8.33. The Morgan fingerprint density at radius 1 is 1.80 bits per heavy atom. The fraction of sp³-hybridized carbons (Fsp3) is 1.00. The Balaban J connectivity index is 2.28. The van der Waals surface area contributed by atoms with Gasteiger partial charge in [0.15, 0.2) is 0 Å². The molecule has 0 aliphatic carbocycles. The van der Waals surface area contributed by atoms with E-state index in [0.717, 1.165) is 19.5 Å². The molecule has 0 bridgehead atoms. The van der Waals surface area contributed by atoms with E-state index in [4.69, 9.17) is 9.29 Å². The van der Waals surface area contributed by atoms with Gasteiger partial charge in [-0.3, -0.25) is 4.90 Å². The fourth-order valence-corrected chi connectivity index (χ4v) is 1.35. The van der Waals surface area contributed by atoms with Gasteiger partial charge in [-0.15, -0.1) is 0 Å². The van der Waals surface area contributed by atoms with Gasteiger partial charge in [0.2, 0.25) is 0 Å². The monoisotopic (exact) mass is 163 g/mol. The van der Waals surface area contributed by atoms with Crippen LogP contribution in [-0.4, -0.2) is 35.4 Å². The van der Waals surface area contributed by atoms with Crippen molar-refractivity contribution in [3.63, 3.8) is 0 Å². The summed E-state index contributed by atoms with van der Waals surface area (Å²) < 4.78 is 4.83. The van der Waals surface area contributed by atoms with Crippen LogP contribution in [0, 0.1) is 0 Å². The average molecular weight is 163 g/mol. The van der Waals surface area contributed by atoms with E-state index in [0.29, 0.717) is 0 Å². The predicted octanol–water partition coefficient (Wildman–Crippen LogP) is 0.260. The van der Waals surface area contributed by atoms with Crippen LogP contribution in [0.5, 0.6) is 0 Å². The minimum Gasteiger partial charge on any atom is -0.379 e. The second-order valence-corrected chi connectivity index (χ2v) is 2.85. The van der Waals surface area contributed by atoms with E-state index in [1.165, 1.54) is 0 Å². The van der Waals surface area contributed by atoms with Crippen LogP contribution in [0.25, 0.3) is 0 Å². The van der Waals surface area contributed by atoms with Crippen molar-refractivity contribution in [2.75, 3.05) is 13.1 Å². The van der Waals surface area contributed by atoms with Gasteiger partial charge in [-0.1, -0.05) is 0 Å². The molecular weight excluding hydrogens is 150 g/mol. The highest BCUT2D eigenvalue weighted by molar-refractivity contribution is 7.75. The molecule has 0 aromatic heterocycles. The van der Waals surface area contributed by atoms with E-state index in [9.17, 15) is 0 Å². The number of hydrogen-bond acceptors (Lipinski definition) is 4. The second-order valence-electron chi connectivity index (χ2n) is 2.64. The summed E-state index contributed by atoms with van der Waals surface area (Å²) >= 11 is 3.72. The van der Waals surface area contributed by atoms with Crippen LogP contribution >= 0.6 is 12.9 Å². The molecule has 1 aliphatic rings. The maximum Gasteiger partial charge on any atom is 0.104 e. The molecule has 0 spiro atoms. The highest BCUT2D eigenvalue weighted by atomic mass is 32.1. The number of hydrogen-bond donors (Lipinski definition) is 2. The molecule has 2 unspecified atom stereocenters. The molecule has 4 heteroatoms. The normalized spacial score (nSPS) is 30.9. The van der Waals surface area contributed by atoms with E-state index in [-0.39, 0.29) is 12.3 Å². The summed E-state index contributed by atoms with van der Waals surface area (Å²) in [6, 6.07) is 0. The molecule has 1 saturated heterocycles. The Morgan fingerprint density at radius 3 is 2.80 bits per heavy atom. The second kappa shape index (κ2) is 3.57. The molecule has 0 aromatic carbocycles. The first-order valence-corrected chi connectivity index (χ1v) is 3.83. The zero-order valence-corrected chi connectivity index (χ0v) is 6.92. The Bertz CT molecular complexity index is 110. The summed E-state index contributed by atoms with van der Waals surface area (Å²) in [5.74, 6) is 0. The van der Waals surface area contributed by atoms with Gasteiger partial charge in [-0.25, -0.2) is 0 Å². The van der Waals surface area contributed by atoms with Gasteiger partial charge in [0.05, 0.1) is 6.10 Å². The molecule has 1 rings (SSSR count). The van der Waals surface area contributed by atoms with Crippen molar-refractivity contribution in [3.8, 4) is 0 Å². The summed E-state index contributed by atoms with van der Waals surface area (Å²) in [5.41, 5.74) is 0. The molecule has 0 saturated carbocycles. The standard InChI is InChI=1S/C6H13NO2S/c1-5(8)7-3-2-6(4-7)9-10/h5-6,8,10H,2-4H2,1H3. The van der Waals surface area contributed by atoms with Crippen LogP contribution in [0.4, 0.5) is 0 Å². The van der Waals surface area contributed by atoms with Gasteiger partial charge in [0.25, 0.3) is 0 Å². The molecule has 2 atom stereocenters. The van der Waals surface area contributed by atoms with Crippen LogP contribution in [0.3, 0.4) is 0 Å². The smallest absolute Gasteiger partial charge is 0.104 e. The molecule has 1 N–H and O–H groups in total. The third-order valence-electron chi connectivity index (χ3n) is 1.85. The average Bonchev–Trinajstić information content (AvgIpc) is 2.34. The van der Waals surface area contributed by atoms with Gasteiger partial charge in [0.1, 0.15) is 6.23 Å². The number of aliphatic hydroxyl groups is 1. The number of nitrogens with zero attached hydrogens (tertiary/aromatic N) is 1.